The topological polar surface area (TPSA) is 55.1 Å². The molecule has 0 spiro atoms. The minimum Gasteiger partial charge on any atom is -0.478 e. The third kappa shape index (κ3) is 3.37. The Kier molecular flexibility index (Phi) is 4.74. The fraction of sp³-hybridized carbons (Fsp3) is 0. The lowest BCUT2D eigenvalue weighted by molar-refractivity contribution is 0.0697. The minimum absolute atomic E-state index is 0.101. The predicted molar refractivity (Wildman–Crippen MR) is 109 cm³/mol. The van der Waals surface area contributed by atoms with Gasteiger partial charge in [-0.3, -0.25) is 0 Å². The molecule has 0 radical (unpaired) electrons. The highest BCUT2D eigenvalue weighted by Gasteiger charge is 2.21. The van der Waals surface area contributed by atoms with Crippen LogP contribution < -0.4 is 0 Å². The second kappa shape index (κ2) is 7.19. The maximum absolute atomic E-state index is 11.8. The van der Waals surface area contributed by atoms with Gasteiger partial charge in [-0.25, -0.2) is 9.48 Å². The van der Waals surface area contributed by atoms with Gasteiger partial charge in [0.15, 0.2) is 0 Å². The number of carboxylic acid groups (broad SMARTS) is 1. The van der Waals surface area contributed by atoms with Crippen LogP contribution in [0.1, 0.15) is 10.4 Å². The van der Waals surface area contributed by atoms with Gasteiger partial charge in [0.05, 0.1) is 22.6 Å². The molecule has 0 saturated heterocycles. The largest absolute Gasteiger partial charge is 0.478 e. The van der Waals surface area contributed by atoms with Crippen molar-refractivity contribution in [1.29, 1.82) is 0 Å². The third-order valence-electron chi connectivity index (χ3n) is 4.08. The lowest BCUT2D eigenvalue weighted by Crippen LogP contribution is -2.03. The van der Waals surface area contributed by atoms with Crippen molar-refractivity contribution in [2.75, 3.05) is 0 Å². The van der Waals surface area contributed by atoms with Crippen molar-refractivity contribution in [1.82, 2.24) is 9.78 Å². The SMILES string of the molecule is O=C(O)c1cnn(-c2ccc(Cl)cc2Cl)c1-c1cccc(-c2cccs2)c1. The molecule has 0 atom stereocenters. The van der Waals surface area contributed by atoms with Gasteiger partial charge < -0.3 is 5.11 Å². The molecule has 134 valence electrons. The maximum Gasteiger partial charge on any atom is 0.339 e. The van der Waals surface area contributed by atoms with Crippen LogP contribution in [-0.4, -0.2) is 20.9 Å². The first kappa shape index (κ1) is 17.8. The number of benzene rings is 2. The van der Waals surface area contributed by atoms with Crippen LogP contribution >= 0.6 is 34.5 Å². The molecule has 0 bridgehead atoms. The molecule has 4 nitrogen and oxygen atoms in total. The first-order valence-corrected chi connectivity index (χ1v) is 9.59. The van der Waals surface area contributed by atoms with Crippen LogP contribution in [0.5, 0.6) is 0 Å². The Morgan fingerprint density at radius 1 is 1.04 bits per heavy atom. The molecule has 2 aromatic carbocycles. The number of thiophene rings is 1. The number of carbonyl (C=O) groups is 1. The number of rotatable bonds is 4. The molecular formula is C20H12Cl2N2O2S. The number of hydrogen-bond acceptors (Lipinski definition) is 3. The zero-order valence-corrected chi connectivity index (χ0v) is 16.1. The normalized spacial score (nSPS) is 10.9. The molecule has 2 heterocycles. The van der Waals surface area contributed by atoms with Gasteiger partial charge in [0, 0.05) is 15.5 Å². The maximum atomic E-state index is 11.8. The molecule has 4 aromatic rings. The summed E-state index contributed by atoms with van der Waals surface area (Å²) in [7, 11) is 0. The van der Waals surface area contributed by atoms with Gasteiger partial charge in [-0.15, -0.1) is 11.3 Å². The number of hydrogen-bond donors (Lipinski definition) is 1. The number of aromatic nitrogens is 2. The van der Waals surface area contributed by atoms with Crippen LogP contribution in [0.15, 0.2) is 66.2 Å². The molecule has 27 heavy (non-hydrogen) atoms. The van der Waals surface area contributed by atoms with Gasteiger partial charge in [-0.1, -0.05) is 47.5 Å². The molecule has 0 saturated carbocycles. The summed E-state index contributed by atoms with van der Waals surface area (Å²) >= 11 is 13.9. The van der Waals surface area contributed by atoms with Crippen molar-refractivity contribution in [2.45, 2.75) is 0 Å². The molecule has 0 fully saturated rings. The molecule has 4 rings (SSSR count). The first-order chi connectivity index (χ1) is 13.0. The minimum atomic E-state index is -1.05. The van der Waals surface area contributed by atoms with E-state index < -0.39 is 5.97 Å². The highest BCUT2D eigenvalue weighted by Crippen LogP contribution is 2.34. The molecular weight excluding hydrogens is 403 g/mol. The predicted octanol–water partition coefficient (Wildman–Crippen LogP) is 6.27. The molecule has 0 unspecified atom stereocenters. The van der Waals surface area contributed by atoms with Crippen LogP contribution in [0.25, 0.3) is 27.4 Å². The molecule has 7 heteroatoms. The van der Waals surface area contributed by atoms with E-state index in [1.54, 1.807) is 29.5 Å². The van der Waals surface area contributed by atoms with Gasteiger partial charge in [0.1, 0.15) is 5.56 Å². The molecule has 0 aliphatic heterocycles. The van der Waals surface area contributed by atoms with E-state index in [0.29, 0.717) is 21.4 Å². The van der Waals surface area contributed by atoms with E-state index in [2.05, 4.69) is 5.10 Å². The Bertz CT molecular complexity index is 1140. The Balaban J connectivity index is 1.93. The fourth-order valence-corrected chi connectivity index (χ4v) is 4.09. The second-order valence-corrected chi connectivity index (χ2v) is 7.57. The van der Waals surface area contributed by atoms with Crippen LogP contribution in [0.4, 0.5) is 0 Å². The second-order valence-electron chi connectivity index (χ2n) is 5.78. The zero-order valence-electron chi connectivity index (χ0n) is 13.8. The first-order valence-electron chi connectivity index (χ1n) is 7.95. The monoisotopic (exact) mass is 414 g/mol. The quantitative estimate of drug-likeness (QED) is 0.427. The van der Waals surface area contributed by atoms with E-state index in [-0.39, 0.29) is 5.56 Å². The van der Waals surface area contributed by atoms with Crippen molar-refractivity contribution in [3.8, 4) is 27.4 Å². The summed E-state index contributed by atoms with van der Waals surface area (Å²) in [5, 5.41) is 16.8. The highest BCUT2D eigenvalue weighted by molar-refractivity contribution is 7.13. The number of aromatic carboxylic acids is 1. The molecule has 0 aliphatic carbocycles. The van der Waals surface area contributed by atoms with Crippen LogP contribution in [0.3, 0.4) is 0 Å². The van der Waals surface area contributed by atoms with Gasteiger partial charge in [0.2, 0.25) is 0 Å². The van der Waals surface area contributed by atoms with E-state index in [4.69, 9.17) is 23.2 Å². The third-order valence-corrected chi connectivity index (χ3v) is 5.54. The van der Waals surface area contributed by atoms with Crippen molar-refractivity contribution in [2.24, 2.45) is 0 Å². The van der Waals surface area contributed by atoms with Gasteiger partial charge in [-0.2, -0.15) is 5.10 Å². The van der Waals surface area contributed by atoms with Crippen LogP contribution in [0, 0.1) is 0 Å². The summed E-state index contributed by atoms with van der Waals surface area (Å²) in [5.41, 5.74) is 2.87. The lowest BCUT2D eigenvalue weighted by Gasteiger charge is -2.12. The van der Waals surface area contributed by atoms with Gasteiger partial charge in [-0.05, 0) is 41.3 Å². The Morgan fingerprint density at radius 2 is 1.85 bits per heavy atom. The highest BCUT2D eigenvalue weighted by atomic mass is 35.5. The lowest BCUT2D eigenvalue weighted by atomic mass is 10.0. The summed E-state index contributed by atoms with van der Waals surface area (Å²) in [6.07, 6.45) is 1.33. The molecule has 1 N–H and O–H groups in total. The summed E-state index contributed by atoms with van der Waals surface area (Å²) in [6.45, 7) is 0. The summed E-state index contributed by atoms with van der Waals surface area (Å²) in [4.78, 5) is 12.9. The van der Waals surface area contributed by atoms with Crippen molar-refractivity contribution < 1.29 is 9.90 Å². The van der Waals surface area contributed by atoms with Crippen molar-refractivity contribution >= 4 is 40.5 Å². The van der Waals surface area contributed by atoms with E-state index in [1.807, 2.05) is 41.8 Å². The Labute approximate surface area is 169 Å². The summed E-state index contributed by atoms with van der Waals surface area (Å²) in [5.74, 6) is -1.05. The molecule has 0 amide bonds. The molecule has 2 aromatic heterocycles. The van der Waals surface area contributed by atoms with Crippen molar-refractivity contribution in [3.05, 3.63) is 81.8 Å². The number of carboxylic acids is 1. The summed E-state index contributed by atoms with van der Waals surface area (Å²) in [6, 6.07) is 16.7. The smallest absolute Gasteiger partial charge is 0.339 e. The standard InChI is InChI=1S/C20H12Cl2N2O2S/c21-14-6-7-17(16(22)10-14)24-19(15(11-23-24)20(25)26)13-4-1-3-12(9-13)18-5-2-8-27-18/h1-11H,(H,25,26). The van der Waals surface area contributed by atoms with Gasteiger partial charge >= 0.3 is 5.97 Å². The Hall–Kier alpha value is -2.60. The average Bonchev–Trinajstić information content (AvgIpc) is 3.32. The zero-order chi connectivity index (χ0) is 19.0. The summed E-state index contributed by atoms with van der Waals surface area (Å²) < 4.78 is 1.54. The number of halogens is 2. The van der Waals surface area contributed by atoms with E-state index in [0.717, 1.165) is 16.0 Å². The fourth-order valence-electron chi connectivity index (χ4n) is 2.88. The molecule has 0 aliphatic rings. The van der Waals surface area contributed by atoms with Gasteiger partial charge in [0.25, 0.3) is 0 Å². The van der Waals surface area contributed by atoms with Crippen LogP contribution in [0.2, 0.25) is 10.0 Å². The van der Waals surface area contributed by atoms with E-state index in [1.165, 1.54) is 10.9 Å². The van der Waals surface area contributed by atoms with Crippen LogP contribution in [-0.2, 0) is 0 Å². The van der Waals surface area contributed by atoms with E-state index >= 15 is 0 Å². The Morgan fingerprint density at radius 3 is 2.56 bits per heavy atom. The van der Waals surface area contributed by atoms with Crippen molar-refractivity contribution in [3.63, 3.8) is 0 Å². The average molecular weight is 415 g/mol. The number of nitrogens with zero attached hydrogens (tertiary/aromatic N) is 2. The van der Waals surface area contributed by atoms with E-state index in [9.17, 15) is 9.90 Å².